The zero-order valence-electron chi connectivity index (χ0n) is 39.6. The fraction of sp³-hybridized carbons (Fsp3) is 0.327. The number of hydrogen-bond acceptors (Lipinski definition) is 10. The van der Waals surface area contributed by atoms with Gasteiger partial charge in [0, 0.05) is 82.2 Å². The maximum absolute atomic E-state index is 15.4. The van der Waals surface area contributed by atoms with Crippen molar-refractivity contribution in [1.82, 2.24) is 14.9 Å². The van der Waals surface area contributed by atoms with Gasteiger partial charge in [-0.1, -0.05) is 79.0 Å². The molecule has 0 saturated carbocycles. The highest BCUT2D eigenvalue weighted by Gasteiger charge is 2.38. The third-order valence-electron chi connectivity index (χ3n) is 12.5. The number of amides is 1. The molecule has 1 fully saturated rings. The summed E-state index contributed by atoms with van der Waals surface area (Å²) in [5.74, 6) is 1.15. The van der Waals surface area contributed by atoms with Crippen LogP contribution in [0.2, 0.25) is 15.1 Å². The molecule has 1 aromatic heterocycles. The van der Waals surface area contributed by atoms with Crippen molar-refractivity contribution in [2.24, 2.45) is 10.9 Å². The third kappa shape index (κ3) is 12.0. The van der Waals surface area contributed by atoms with E-state index in [1.807, 2.05) is 71.6 Å². The quantitative estimate of drug-likeness (QED) is 0.0578. The Morgan fingerprint density at radius 3 is 2.27 bits per heavy atom. The van der Waals surface area contributed by atoms with Crippen molar-refractivity contribution < 1.29 is 32.9 Å². The zero-order valence-corrected chi connectivity index (χ0v) is 41.9. The number of fused-ring (bicyclic) bond motifs is 3. The van der Waals surface area contributed by atoms with Gasteiger partial charge >= 0.3 is 0 Å². The van der Waals surface area contributed by atoms with Gasteiger partial charge in [-0.05, 0) is 103 Å². The molecule has 15 heteroatoms. The number of carbonyl (C=O) groups excluding carboxylic acids is 2. The maximum Gasteiger partial charge on any atom is 0.248 e. The molecule has 0 radical (unpaired) electrons. The molecule has 0 aliphatic carbocycles. The van der Waals surface area contributed by atoms with Gasteiger partial charge in [-0.3, -0.25) is 14.6 Å². The van der Waals surface area contributed by atoms with Crippen molar-refractivity contribution in [3.05, 3.63) is 169 Å². The number of rotatable bonds is 19. The summed E-state index contributed by atoms with van der Waals surface area (Å²) in [4.78, 5) is 45.9. The molecule has 6 aromatic rings. The molecular formula is C55H55Cl3FN5O6. The monoisotopic (exact) mass is 1010 g/mol. The molecule has 5 aromatic carbocycles. The zero-order chi connectivity index (χ0) is 49.3. The number of anilines is 1. The number of halogens is 4. The van der Waals surface area contributed by atoms with Gasteiger partial charge in [0.1, 0.15) is 29.7 Å². The van der Waals surface area contributed by atoms with Gasteiger partial charge in [0.2, 0.25) is 5.91 Å². The highest BCUT2D eigenvalue weighted by atomic mass is 35.5. The first kappa shape index (κ1) is 50.5. The second-order valence-corrected chi connectivity index (χ2v) is 19.1. The van der Waals surface area contributed by atoms with Gasteiger partial charge in [0.25, 0.3) is 0 Å². The van der Waals surface area contributed by atoms with Crippen molar-refractivity contribution in [2.45, 2.75) is 58.2 Å². The number of nitrogens with zero attached hydrogens (tertiary/aromatic N) is 5. The van der Waals surface area contributed by atoms with Crippen LogP contribution in [0.15, 0.2) is 114 Å². The number of hydrogen-bond donors (Lipinski definition) is 0. The van der Waals surface area contributed by atoms with E-state index in [0.717, 1.165) is 34.4 Å². The number of ketones is 1. The maximum atomic E-state index is 15.4. The molecule has 2 atom stereocenters. The summed E-state index contributed by atoms with van der Waals surface area (Å²) >= 11 is 19.0. The number of ether oxygens (including phenoxy) is 4. The normalized spacial score (nSPS) is 15.5. The first-order valence-corrected chi connectivity index (χ1v) is 24.5. The van der Waals surface area contributed by atoms with Crippen LogP contribution in [0.3, 0.4) is 0 Å². The third-order valence-corrected chi connectivity index (χ3v) is 13.2. The summed E-state index contributed by atoms with van der Waals surface area (Å²) in [5, 5.41) is 1.80. The fourth-order valence-corrected chi connectivity index (χ4v) is 9.65. The Balaban J connectivity index is 0.827. The number of aromatic nitrogens is 2. The molecule has 0 bridgehead atoms. The van der Waals surface area contributed by atoms with Crippen molar-refractivity contribution in [1.29, 1.82) is 0 Å². The van der Waals surface area contributed by atoms with Crippen LogP contribution < -0.4 is 14.4 Å². The minimum Gasteiger partial charge on any atom is -0.496 e. The van der Waals surface area contributed by atoms with Crippen LogP contribution in [0.5, 0.6) is 11.5 Å². The van der Waals surface area contributed by atoms with Gasteiger partial charge in [-0.2, -0.15) is 0 Å². The Kier molecular flexibility index (Phi) is 16.8. The molecule has 1 amide bonds. The lowest BCUT2D eigenvalue weighted by atomic mass is 9.93. The predicted octanol–water partition coefficient (Wildman–Crippen LogP) is 11.7. The van der Waals surface area contributed by atoms with Crippen LogP contribution in [-0.4, -0.2) is 92.0 Å². The van der Waals surface area contributed by atoms with Crippen LogP contribution in [0.4, 0.5) is 10.1 Å². The summed E-state index contributed by atoms with van der Waals surface area (Å²) < 4.78 is 38.2. The van der Waals surface area contributed by atoms with E-state index >= 15 is 4.39 Å². The van der Waals surface area contributed by atoms with Crippen LogP contribution in [0.25, 0.3) is 11.3 Å². The molecule has 0 spiro atoms. The lowest BCUT2D eigenvalue weighted by molar-refractivity contribution is -0.138. The van der Waals surface area contributed by atoms with Gasteiger partial charge in [0.15, 0.2) is 5.78 Å². The smallest absolute Gasteiger partial charge is 0.248 e. The Morgan fingerprint density at radius 2 is 1.53 bits per heavy atom. The van der Waals surface area contributed by atoms with Crippen LogP contribution in [0.1, 0.15) is 83.2 Å². The molecule has 70 heavy (non-hydrogen) atoms. The van der Waals surface area contributed by atoms with Gasteiger partial charge in [0.05, 0.1) is 62.6 Å². The molecular weight excluding hydrogens is 952 g/mol. The molecule has 1 saturated heterocycles. The van der Waals surface area contributed by atoms with Crippen molar-refractivity contribution in [3.63, 3.8) is 0 Å². The summed E-state index contributed by atoms with van der Waals surface area (Å²) in [6, 6.07) is 31.2. The second kappa shape index (κ2) is 23.3. The van der Waals surface area contributed by atoms with Crippen molar-refractivity contribution in [2.75, 3.05) is 58.6 Å². The number of benzene rings is 5. The molecule has 364 valence electrons. The summed E-state index contributed by atoms with van der Waals surface area (Å²) in [6.07, 6.45) is 3.75. The average Bonchev–Trinajstić information content (AvgIpc) is 3.50. The molecule has 0 N–H and O–H groups in total. The highest BCUT2D eigenvalue weighted by Crippen LogP contribution is 2.39. The topological polar surface area (TPSA) is 116 Å². The van der Waals surface area contributed by atoms with Crippen LogP contribution in [0, 0.1) is 11.7 Å². The average molecular weight is 1010 g/mol. The van der Waals surface area contributed by atoms with Crippen LogP contribution >= 0.6 is 34.8 Å². The lowest BCUT2D eigenvalue weighted by Crippen LogP contribution is -2.57. The summed E-state index contributed by atoms with van der Waals surface area (Å²) in [6.45, 7) is 6.47. The minimum atomic E-state index is -0.462. The summed E-state index contributed by atoms with van der Waals surface area (Å²) in [5.41, 5.74) is 6.92. The largest absolute Gasteiger partial charge is 0.496 e. The van der Waals surface area contributed by atoms with E-state index in [9.17, 15) is 9.59 Å². The Bertz CT molecular complexity index is 2850. The first-order chi connectivity index (χ1) is 33.9. The Hall–Kier alpha value is -5.89. The molecule has 0 unspecified atom stereocenters. The molecule has 3 heterocycles. The number of aliphatic imine (C=N–C) groups is 1. The van der Waals surface area contributed by atoms with E-state index in [2.05, 4.69) is 23.7 Å². The number of methoxy groups -OCH3 is 2. The van der Waals surface area contributed by atoms with Gasteiger partial charge in [-0.15, -0.1) is 0 Å². The Morgan fingerprint density at radius 1 is 0.800 bits per heavy atom. The van der Waals surface area contributed by atoms with Gasteiger partial charge in [-0.25, -0.2) is 14.4 Å². The van der Waals surface area contributed by atoms with E-state index in [0.29, 0.717) is 93.4 Å². The van der Waals surface area contributed by atoms with E-state index in [4.69, 9.17) is 63.7 Å². The molecule has 11 nitrogen and oxygen atoms in total. The molecule has 2 aliphatic rings. The predicted molar refractivity (Wildman–Crippen MR) is 274 cm³/mol. The van der Waals surface area contributed by atoms with Crippen molar-refractivity contribution >= 4 is 57.9 Å². The Labute approximate surface area is 423 Å². The number of piperazine rings is 1. The van der Waals surface area contributed by atoms with Crippen molar-refractivity contribution in [3.8, 4) is 22.8 Å². The van der Waals surface area contributed by atoms with E-state index < -0.39 is 5.82 Å². The SMILES string of the molecule is COc1cc(Cc2ncc3c(n2)-c2ccc(Cl)cc2C(c2c(F)cccc2OC)=NC3)ccc1C(=O)CCCOCCOCC(=O)N1C[C@H](CC(C)C)N(c2ccc(Cl)cc2)[C@H](c2ccc(Cl)cc2)C1. The summed E-state index contributed by atoms with van der Waals surface area (Å²) in [7, 11) is 3.03. The fourth-order valence-electron chi connectivity index (χ4n) is 9.22. The number of Topliss-reactive ketones (excluding diaryl/α,β-unsaturated/α-hetero) is 1. The molecule has 8 rings (SSSR count). The highest BCUT2D eigenvalue weighted by molar-refractivity contribution is 6.32. The van der Waals surface area contributed by atoms with E-state index in [1.54, 1.807) is 36.5 Å². The lowest BCUT2D eigenvalue weighted by Gasteiger charge is -2.49. The first-order valence-electron chi connectivity index (χ1n) is 23.4. The van der Waals surface area contributed by atoms with E-state index in [-0.39, 0.29) is 62.1 Å². The molecule has 2 aliphatic heterocycles. The van der Waals surface area contributed by atoms with Gasteiger partial charge < -0.3 is 28.7 Å². The number of carbonyl (C=O) groups is 2. The minimum absolute atomic E-state index is 0.0644. The van der Waals surface area contributed by atoms with E-state index in [1.165, 1.54) is 20.3 Å². The second-order valence-electron chi connectivity index (χ2n) is 17.8. The standard InChI is InChI=1S/C55H55Cl3FN5O6/c1-34(2)25-42-31-63(32-47(36-11-13-38(56)14-12-36)64(42)41-18-15-39(57)16-19-41)52(66)33-70-24-23-69-22-6-8-48(65)44-20-10-35(26-50(44)68-4)27-51-60-29-37-30-61-55(53-46(59)7-5-9-49(53)67-3)45-28-40(58)17-21-43(45)54(37)62-51/h5,7,9-21,26,28-29,34,42,47H,6,8,22-25,27,30-33H2,1-4H3/t42-,47-/m0/s1. The van der Waals surface area contributed by atoms with Crippen LogP contribution in [-0.2, 0) is 27.2 Å².